The fourth-order valence-corrected chi connectivity index (χ4v) is 2.59. The summed E-state index contributed by atoms with van der Waals surface area (Å²) in [5.41, 5.74) is 2.58. The predicted octanol–water partition coefficient (Wildman–Crippen LogP) is 4.38. The molecule has 2 heterocycles. The Balaban J connectivity index is 2.62. The molecule has 0 aliphatic carbocycles. The minimum absolute atomic E-state index is 0.448. The van der Waals surface area contributed by atoms with Crippen molar-refractivity contribution in [3.8, 4) is 11.5 Å². The van der Waals surface area contributed by atoms with Crippen LogP contribution in [0.5, 0.6) is 0 Å². The van der Waals surface area contributed by atoms with Crippen molar-refractivity contribution in [3.63, 3.8) is 0 Å². The number of pyridine rings is 1. The standard InChI is InChI=1S/C12H11Cl2N3S/c1-3-8-6(2)16-11(17-12(8)18)10-9(14)4-7(13)5-15-10/h4-5H,3H2,1-2H3,(H,16,17,18). The van der Waals surface area contributed by atoms with E-state index in [1.54, 1.807) is 6.07 Å². The zero-order chi connectivity index (χ0) is 13.3. The number of hydrogen-bond acceptors (Lipinski definition) is 3. The third kappa shape index (κ3) is 2.55. The van der Waals surface area contributed by atoms with Crippen molar-refractivity contribution in [1.29, 1.82) is 0 Å². The average Bonchev–Trinajstić information content (AvgIpc) is 2.28. The largest absolute Gasteiger partial charge is 0.342 e. The maximum absolute atomic E-state index is 6.10. The molecule has 94 valence electrons. The summed E-state index contributed by atoms with van der Waals surface area (Å²) >= 11 is 17.2. The van der Waals surface area contributed by atoms with Crippen LogP contribution in [-0.2, 0) is 6.42 Å². The van der Waals surface area contributed by atoms with Crippen LogP contribution in [0, 0.1) is 11.6 Å². The highest BCUT2D eigenvalue weighted by Gasteiger charge is 2.10. The van der Waals surface area contributed by atoms with E-state index in [-0.39, 0.29) is 0 Å². The number of H-pyrrole nitrogens is 1. The van der Waals surface area contributed by atoms with E-state index in [4.69, 9.17) is 35.4 Å². The molecule has 0 aliphatic rings. The Hall–Kier alpha value is -0.970. The molecule has 0 saturated carbocycles. The number of halogens is 2. The van der Waals surface area contributed by atoms with Crippen LogP contribution in [0.4, 0.5) is 0 Å². The van der Waals surface area contributed by atoms with Gasteiger partial charge in [-0.3, -0.25) is 0 Å². The number of aromatic amines is 1. The quantitative estimate of drug-likeness (QED) is 0.837. The number of aryl methyl sites for hydroxylation is 1. The second kappa shape index (κ2) is 5.34. The van der Waals surface area contributed by atoms with E-state index >= 15 is 0 Å². The molecule has 2 aromatic heterocycles. The van der Waals surface area contributed by atoms with Gasteiger partial charge in [-0.2, -0.15) is 0 Å². The van der Waals surface area contributed by atoms with Gasteiger partial charge < -0.3 is 4.98 Å². The van der Waals surface area contributed by atoms with Gasteiger partial charge in [0.2, 0.25) is 0 Å². The van der Waals surface area contributed by atoms with E-state index in [2.05, 4.69) is 15.0 Å². The monoisotopic (exact) mass is 299 g/mol. The molecular formula is C12H11Cl2N3S. The van der Waals surface area contributed by atoms with Crippen molar-refractivity contribution in [2.24, 2.45) is 0 Å². The molecule has 0 atom stereocenters. The molecule has 3 nitrogen and oxygen atoms in total. The molecule has 0 unspecified atom stereocenters. The van der Waals surface area contributed by atoms with Crippen molar-refractivity contribution in [2.75, 3.05) is 0 Å². The van der Waals surface area contributed by atoms with Crippen LogP contribution < -0.4 is 0 Å². The molecule has 0 bridgehead atoms. The van der Waals surface area contributed by atoms with Crippen LogP contribution >= 0.6 is 35.4 Å². The second-order valence-corrected chi connectivity index (χ2v) is 5.06. The lowest BCUT2D eigenvalue weighted by Crippen LogP contribution is -2.00. The van der Waals surface area contributed by atoms with E-state index < -0.39 is 0 Å². The van der Waals surface area contributed by atoms with Crippen molar-refractivity contribution < 1.29 is 0 Å². The first-order valence-corrected chi connectivity index (χ1v) is 6.60. The summed E-state index contributed by atoms with van der Waals surface area (Å²) < 4.78 is 0.580. The highest BCUT2D eigenvalue weighted by molar-refractivity contribution is 7.71. The topological polar surface area (TPSA) is 41.6 Å². The summed E-state index contributed by atoms with van der Waals surface area (Å²) in [6.07, 6.45) is 2.38. The average molecular weight is 300 g/mol. The first-order valence-electron chi connectivity index (χ1n) is 5.44. The molecule has 2 rings (SSSR count). The second-order valence-electron chi connectivity index (χ2n) is 3.83. The fraction of sp³-hybridized carbons (Fsp3) is 0.250. The Morgan fingerprint density at radius 1 is 1.39 bits per heavy atom. The molecule has 1 N–H and O–H groups in total. The van der Waals surface area contributed by atoms with E-state index in [9.17, 15) is 0 Å². The van der Waals surface area contributed by atoms with Crippen LogP contribution in [0.15, 0.2) is 12.3 Å². The van der Waals surface area contributed by atoms with E-state index in [1.165, 1.54) is 6.20 Å². The zero-order valence-electron chi connectivity index (χ0n) is 9.92. The Kier molecular flexibility index (Phi) is 4.00. The van der Waals surface area contributed by atoms with Crippen molar-refractivity contribution in [3.05, 3.63) is 38.2 Å². The van der Waals surface area contributed by atoms with Crippen LogP contribution in [0.3, 0.4) is 0 Å². The van der Waals surface area contributed by atoms with Gasteiger partial charge >= 0.3 is 0 Å². The molecular weight excluding hydrogens is 289 g/mol. The predicted molar refractivity (Wildman–Crippen MR) is 76.8 cm³/mol. The van der Waals surface area contributed by atoms with Gasteiger partial charge in [-0.05, 0) is 19.4 Å². The smallest absolute Gasteiger partial charge is 0.159 e. The van der Waals surface area contributed by atoms with Crippen LogP contribution in [-0.4, -0.2) is 15.0 Å². The SMILES string of the molecule is CCc1c(C)[nH]c(-c2ncc(Cl)cc2Cl)nc1=S. The molecule has 0 fully saturated rings. The Morgan fingerprint density at radius 3 is 2.67 bits per heavy atom. The van der Waals surface area contributed by atoms with Crippen LogP contribution in [0.25, 0.3) is 11.5 Å². The lowest BCUT2D eigenvalue weighted by Gasteiger charge is -2.08. The van der Waals surface area contributed by atoms with Gasteiger partial charge in [0, 0.05) is 17.5 Å². The highest BCUT2D eigenvalue weighted by Crippen LogP contribution is 2.26. The van der Waals surface area contributed by atoms with Gasteiger partial charge in [0.15, 0.2) is 5.82 Å². The first kappa shape index (κ1) is 13.5. The fourth-order valence-electron chi connectivity index (χ4n) is 1.73. The number of nitrogens with one attached hydrogen (secondary N) is 1. The summed E-state index contributed by atoms with van der Waals surface area (Å²) in [6.45, 7) is 4.00. The van der Waals surface area contributed by atoms with Gasteiger partial charge in [0.25, 0.3) is 0 Å². The van der Waals surface area contributed by atoms with Crippen molar-refractivity contribution >= 4 is 35.4 Å². The number of rotatable bonds is 2. The number of aromatic nitrogens is 3. The number of hydrogen-bond donors (Lipinski definition) is 1. The summed E-state index contributed by atoms with van der Waals surface area (Å²) in [6, 6.07) is 1.63. The van der Waals surface area contributed by atoms with Gasteiger partial charge in [-0.25, -0.2) is 9.97 Å². The maximum Gasteiger partial charge on any atom is 0.159 e. The maximum atomic E-state index is 6.10. The van der Waals surface area contributed by atoms with Crippen LogP contribution in [0.1, 0.15) is 18.2 Å². The number of nitrogens with zero attached hydrogens (tertiary/aromatic N) is 2. The van der Waals surface area contributed by atoms with Gasteiger partial charge in [0.1, 0.15) is 10.3 Å². The van der Waals surface area contributed by atoms with Crippen LogP contribution in [0.2, 0.25) is 10.0 Å². The molecule has 2 aromatic rings. The van der Waals surface area contributed by atoms with Gasteiger partial charge in [-0.1, -0.05) is 42.3 Å². The zero-order valence-corrected chi connectivity index (χ0v) is 12.2. The van der Waals surface area contributed by atoms with Gasteiger partial charge in [-0.15, -0.1) is 0 Å². The minimum atomic E-state index is 0.448. The Morgan fingerprint density at radius 2 is 2.11 bits per heavy atom. The molecule has 6 heteroatoms. The summed E-state index contributed by atoms with van der Waals surface area (Å²) in [4.78, 5) is 11.7. The first-order chi connectivity index (χ1) is 8.52. The Labute approximate surface area is 120 Å². The third-order valence-corrected chi connectivity index (χ3v) is 3.45. The van der Waals surface area contributed by atoms with E-state index in [0.29, 0.717) is 26.2 Å². The normalized spacial score (nSPS) is 10.7. The molecule has 0 saturated heterocycles. The molecule has 0 spiro atoms. The lowest BCUT2D eigenvalue weighted by atomic mass is 10.2. The summed E-state index contributed by atoms with van der Waals surface area (Å²) in [5.74, 6) is 0.566. The molecule has 0 aromatic carbocycles. The summed E-state index contributed by atoms with van der Waals surface area (Å²) in [5, 5.41) is 0.938. The Bertz CT molecular complexity index is 652. The van der Waals surface area contributed by atoms with Crippen molar-refractivity contribution in [2.45, 2.75) is 20.3 Å². The molecule has 0 radical (unpaired) electrons. The molecule has 0 amide bonds. The minimum Gasteiger partial charge on any atom is -0.342 e. The van der Waals surface area contributed by atoms with E-state index in [1.807, 2.05) is 13.8 Å². The summed E-state index contributed by atoms with van der Waals surface area (Å²) in [7, 11) is 0. The van der Waals surface area contributed by atoms with Gasteiger partial charge in [0.05, 0.1) is 10.0 Å². The van der Waals surface area contributed by atoms with E-state index in [0.717, 1.165) is 17.7 Å². The van der Waals surface area contributed by atoms with Crippen molar-refractivity contribution in [1.82, 2.24) is 15.0 Å². The highest BCUT2D eigenvalue weighted by atomic mass is 35.5. The molecule has 0 aliphatic heterocycles. The lowest BCUT2D eigenvalue weighted by molar-refractivity contribution is 0.983. The molecule has 18 heavy (non-hydrogen) atoms. The third-order valence-electron chi connectivity index (χ3n) is 2.62.